The minimum absolute atomic E-state index is 0.0479. The maximum Gasteiger partial charge on any atom is 0.228 e. The number of halogens is 1. The summed E-state index contributed by atoms with van der Waals surface area (Å²) in [6.07, 6.45) is 8.79. The highest BCUT2D eigenvalue weighted by Crippen LogP contribution is 2.41. The first-order chi connectivity index (χ1) is 14.7. The molecule has 0 radical (unpaired) electrons. The largest absolute Gasteiger partial charge is 0.326 e. The number of carbonyl (C=O) groups is 1. The average Bonchev–Trinajstić information content (AvgIpc) is 2.79. The monoisotopic (exact) mass is 418 g/mol. The topological polar surface area (TPSA) is 42.0 Å². The SMILES string of the molecule is C=CCC(C(=O)Nc1ccc(Cl)cc1)[C@H]1CC[C@H](c2ccnc3ccccc32)CC1. The van der Waals surface area contributed by atoms with Gasteiger partial charge in [0.2, 0.25) is 5.91 Å². The quantitative estimate of drug-likeness (QED) is 0.438. The molecule has 154 valence electrons. The number of nitrogens with zero attached hydrogens (tertiary/aromatic N) is 1. The number of hydrogen-bond donors (Lipinski definition) is 1. The van der Waals surface area contributed by atoms with Gasteiger partial charge in [-0.3, -0.25) is 9.78 Å². The summed E-state index contributed by atoms with van der Waals surface area (Å²) in [6, 6.07) is 17.8. The van der Waals surface area contributed by atoms with E-state index in [0.29, 0.717) is 23.3 Å². The Bertz CT molecular complexity index is 1020. The zero-order valence-electron chi connectivity index (χ0n) is 17.1. The van der Waals surface area contributed by atoms with Crippen LogP contribution in [0.3, 0.4) is 0 Å². The molecule has 0 spiro atoms. The third-order valence-corrected chi connectivity index (χ3v) is 6.58. The molecule has 1 aromatic heterocycles. The molecule has 4 rings (SSSR count). The van der Waals surface area contributed by atoms with Gasteiger partial charge in [-0.2, -0.15) is 0 Å². The summed E-state index contributed by atoms with van der Waals surface area (Å²) in [5.74, 6) is 0.931. The van der Waals surface area contributed by atoms with Crippen molar-refractivity contribution in [1.82, 2.24) is 4.98 Å². The van der Waals surface area contributed by atoms with Crippen LogP contribution in [0.5, 0.6) is 0 Å². The summed E-state index contributed by atoms with van der Waals surface area (Å²) in [7, 11) is 0. The fraction of sp³-hybridized carbons (Fsp3) is 0.308. The highest BCUT2D eigenvalue weighted by molar-refractivity contribution is 6.30. The molecule has 0 aliphatic heterocycles. The summed E-state index contributed by atoms with van der Waals surface area (Å²) in [5.41, 5.74) is 3.24. The normalized spacial score (nSPS) is 19.9. The summed E-state index contributed by atoms with van der Waals surface area (Å²) in [6.45, 7) is 3.89. The number of fused-ring (bicyclic) bond motifs is 1. The van der Waals surface area contributed by atoms with Crippen LogP contribution in [0.2, 0.25) is 5.02 Å². The molecule has 30 heavy (non-hydrogen) atoms. The second-order valence-corrected chi connectivity index (χ2v) is 8.59. The number of nitrogens with one attached hydrogen (secondary N) is 1. The minimum atomic E-state index is -0.0479. The fourth-order valence-corrected chi connectivity index (χ4v) is 4.89. The number of benzene rings is 2. The van der Waals surface area contributed by atoms with Crippen molar-refractivity contribution < 1.29 is 4.79 Å². The smallest absolute Gasteiger partial charge is 0.228 e. The van der Waals surface area contributed by atoms with Gasteiger partial charge in [-0.05, 0) is 85.9 Å². The molecule has 2 aromatic carbocycles. The number of para-hydroxylation sites is 1. The Morgan fingerprint density at radius 2 is 1.83 bits per heavy atom. The molecule has 1 saturated carbocycles. The van der Waals surface area contributed by atoms with Crippen LogP contribution >= 0.6 is 11.6 Å². The van der Waals surface area contributed by atoms with E-state index in [0.717, 1.165) is 36.9 Å². The van der Waals surface area contributed by atoms with Gasteiger partial charge in [0.25, 0.3) is 0 Å². The van der Waals surface area contributed by atoms with Crippen molar-refractivity contribution in [2.75, 3.05) is 5.32 Å². The Kier molecular flexibility index (Phi) is 6.49. The van der Waals surface area contributed by atoms with E-state index in [2.05, 4.69) is 41.1 Å². The van der Waals surface area contributed by atoms with Crippen molar-refractivity contribution in [2.24, 2.45) is 11.8 Å². The van der Waals surface area contributed by atoms with Crippen LogP contribution in [0.4, 0.5) is 5.69 Å². The van der Waals surface area contributed by atoms with Gasteiger partial charge < -0.3 is 5.32 Å². The van der Waals surface area contributed by atoms with Crippen LogP contribution < -0.4 is 5.32 Å². The van der Waals surface area contributed by atoms with Crippen molar-refractivity contribution in [3.8, 4) is 0 Å². The molecule has 1 heterocycles. The van der Waals surface area contributed by atoms with Crippen molar-refractivity contribution in [2.45, 2.75) is 38.0 Å². The number of pyridine rings is 1. The number of allylic oxidation sites excluding steroid dienone is 1. The van der Waals surface area contributed by atoms with E-state index < -0.39 is 0 Å². The third-order valence-electron chi connectivity index (χ3n) is 6.33. The number of carbonyl (C=O) groups excluding carboxylic acids is 1. The summed E-state index contributed by atoms with van der Waals surface area (Å²) >= 11 is 5.95. The van der Waals surface area contributed by atoms with Crippen molar-refractivity contribution >= 4 is 34.1 Å². The maximum absolute atomic E-state index is 13.0. The fourth-order valence-electron chi connectivity index (χ4n) is 4.77. The van der Waals surface area contributed by atoms with Gasteiger partial charge in [0.15, 0.2) is 0 Å². The Labute approximate surface area is 183 Å². The van der Waals surface area contributed by atoms with Gasteiger partial charge in [0, 0.05) is 28.2 Å². The van der Waals surface area contributed by atoms with E-state index in [4.69, 9.17) is 11.6 Å². The number of aromatic nitrogens is 1. The Balaban J connectivity index is 1.44. The Morgan fingerprint density at radius 3 is 2.57 bits per heavy atom. The molecule has 1 unspecified atom stereocenters. The first-order valence-corrected chi connectivity index (χ1v) is 11.0. The van der Waals surface area contributed by atoms with Crippen LogP contribution in [-0.4, -0.2) is 10.9 Å². The molecule has 1 fully saturated rings. The first-order valence-electron chi connectivity index (χ1n) is 10.7. The van der Waals surface area contributed by atoms with Gasteiger partial charge >= 0.3 is 0 Å². The van der Waals surface area contributed by atoms with Gasteiger partial charge in [0.05, 0.1) is 5.52 Å². The molecule has 1 amide bonds. The van der Waals surface area contributed by atoms with E-state index in [1.807, 2.05) is 30.5 Å². The number of amides is 1. The molecule has 4 heteroatoms. The predicted octanol–water partition coefficient (Wildman–Crippen LogP) is 6.99. The second-order valence-electron chi connectivity index (χ2n) is 8.16. The molecule has 1 atom stereocenters. The predicted molar refractivity (Wildman–Crippen MR) is 125 cm³/mol. The first kappa shape index (κ1) is 20.6. The van der Waals surface area contributed by atoms with E-state index in [9.17, 15) is 4.79 Å². The zero-order valence-corrected chi connectivity index (χ0v) is 17.8. The van der Waals surface area contributed by atoms with E-state index >= 15 is 0 Å². The number of rotatable bonds is 6. The molecular weight excluding hydrogens is 392 g/mol. The molecular formula is C26H27ClN2O. The van der Waals surface area contributed by atoms with Crippen molar-refractivity contribution in [3.05, 3.63) is 84.0 Å². The average molecular weight is 419 g/mol. The van der Waals surface area contributed by atoms with Crippen molar-refractivity contribution in [3.63, 3.8) is 0 Å². The standard InChI is InChI=1S/C26H27ClN2O/c1-2-5-23(26(30)29-21-14-12-20(27)13-15-21)19-10-8-18(9-11-19)22-16-17-28-25-7-4-3-6-24(22)25/h2-4,6-7,12-19,23H,1,5,8-11H2,(H,29,30)/t18-,19-,23?. The van der Waals surface area contributed by atoms with Gasteiger partial charge in [-0.25, -0.2) is 0 Å². The van der Waals surface area contributed by atoms with Crippen LogP contribution in [-0.2, 0) is 4.79 Å². The molecule has 1 aliphatic rings. The lowest BCUT2D eigenvalue weighted by Crippen LogP contribution is -2.31. The molecule has 1 N–H and O–H groups in total. The van der Waals surface area contributed by atoms with Crippen LogP contribution in [0.25, 0.3) is 10.9 Å². The van der Waals surface area contributed by atoms with Gasteiger partial charge in [0.1, 0.15) is 0 Å². The Morgan fingerprint density at radius 1 is 1.10 bits per heavy atom. The summed E-state index contributed by atoms with van der Waals surface area (Å²) in [5, 5.41) is 4.99. The highest BCUT2D eigenvalue weighted by Gasteiger charge is 2.32. The molecule has 0 bridgehead atoms. The maximum atomic E-state index is 13.0. The van der Waals surface area contributed by atoms with E-state index in [-0.39, 0.29) is 11.8 Å². The Hall–Kier alpha value is -2.65. The number of anilines is 1. The minimum Gasteiger partial charge on any atom is -0.326 e. The van der Waals surface area contributed by atoms with Crippen LogP contribution in [0.15, 0.2) is 73.4 Å². The molecule has 3 nitrogen and oxygen atoms in total. The third kappa shape index (κ3) is 4.57. The molecule has 1 aliphatic carbocycles. The number of hydrogen-bond acceptors (Lipinski definition) is 2. The van der Waals surface area contributed by atoms with Crippen LogP contribution in [0, 0.1) is 11.8 Å². The molecule has 0 saturated heterocycles. The molecule has 3 aromatic rings. The zero-order chi connectivity index (χ0) is 20.9. The van der Waals surface area contributed by atoms with Crippen LogP contribution in [0.1, 0.15) is 43.6 Å². The van der Waals surface area contributed by atoms with E-state index in [1.54, 1.807) is 12.1 Å². The summed E-state index contributed by atoms with van der Waals surface area (Å²) in [4.78, 5) is 17.5. The second kappa shape index (κ2) is 9.44. The summed E-state index contributed by atoms with van der Waals surface area (Å²) < 4.78 is 0. The highest BCUT2D eigenvalue weighted by atomic mass is 35.5. The van der Waals surface area contributed by atoms with Crippen molar-refractivity contribution in [1.29, 1.82) is 0 Å². The van der Waals surface area contributed by atoms with Gasteiger partial charge in [-0.1, -0.05) is 35.9 Å². The lowest BCUT2D eigenvalue weighted by molar-refractivity contribution is -0.121. The lowest BCUT2D eigenvalue weighted by Gasteiger charge is -2.33. The van der Waals surface area contributed by atoms with Gasteiger partial charge in [-0.15, -0.1) is 6.58 Å². The lowest BCUT2D eigenvalue weighted by atomic mass is 9.72. The van der Waals surface area contributed by atoms with E-state index in [1.165, 1.54) is 10.9 Å².